The molecule has 0 saturated carbocycles. The molecule has 0 bridgehead atoms. The first-order chi connectivity index (χ1) is 15.7. The fraction of sp³-hybridized carbons (Fsp3) is 0.0714. The summed E-state index contributed by atoms with van der Waals surface area (Å²) in [5.41, 5.74) is 1.77. The topological polar surface area (TPSA) is 56.5 Å². The van der Waals surface area contributed by atoms with E-state index in [0.717, 1.165) is 16.3 Å². The second kappa shape index (κ2) is 7.20. The Morgan fingerprint density at radius 3 is 2.31 bits per heavy atom. The van der Waals surface area contributed by atoms with Crippen molar-refractivity contribution >= 4 is 27.5 Å². The first kappa shape index (κ1) is 18.6. The first-order valence-corrected chi connectivity index (χ1v) is 10.5. The maximum atomic E-state index is 13.7. The smallest absolute Gasteiger partial charge is 0.344 e. The van der Waals surface area contributed by atoms with E-state index in [0.29, 0.717) is 27.8 Å². The summed E-state index contributed by atoms with van der Waals surface area (Å²) < 4.78 is 11.9. The summed E-state index contributed by atoms with van der Waals surface area (Å²) in [6.45, 7) is 0. The molecule has 4 heteroatoms. The van der Waals surface area contributed by atoms with Gasteiger partial charge >= 0.3 is 5.63 Å². The normalized spacial score (nSPS) is 17.2. The Bertz CT molecular complexity index is 1550. The number of hydrogen-bond acceptors (Lipinski definition) is 4. The van der Waals surface area contributed by atoms with E-state index in [4.69, 9.17) is 9.15 Å². The molecule has 1 aromatic heterocycles. The van der Waals surface area contributed by atoms with Crippen molar-refractivity contribution in [1.29, 1.82) is 0 Å². The van der Waals surface area contributed by atoms with Gasteiger partial charge in [-0.15, -0.1) is 0 Å². The van der Waals surface area contributed by atoms with Crippen LogP contribution in [0.1, 0.15) is 27.4 Å². The minimum atomic E-state index is -0.859. The van der Waals surface area contributed by atoms with Crippen molar-refractivity contribution in [2.75, 3.05) is 0 Å². The van der Waals surface area contributed by atoms with E-state index in [1.165, 1.54) is 0 Å². The number of benzene rings is 4. The molecule has 0 radical (unpaired) electrons. The molecule has 4 aromatic carbocycles. The monoisotopic (exact) mass is 418 g/mol. The quantitative estimate of drug-likeness (QED) is 0.278. The summed E-state index contributed by atoms with van der Waals surface area (Å²) in [7, 11) is 0. The van der Waals surface area contributed by atoms with Crippen LogP contribution in [0.4, 0.5) is 0 Å². The molecule has 6 rings (SSSR count). The van der Waals surface area contributed by atoms with Crippen LogP contribution in [0.25, 0.3) is 21.7 Å². The van der Waals surface area contributed by atoms with Crippen LogP contribution >= 0.6 is 0 Å². The molecule has 0 fully saturated rings. The number of ketones is 1. The highest BCUT2D eigenvalue weighted by atomic mass is 16.5. The fourth-order valence-corrected chi connectivity index (χ4v) is 4.59. The molecule has 0 spiro atoms. The predicted molar refractivity (Wildman–Crippen MR) is 123 cm³/mol. The number of Topliss-reactive ketones (excluding diaryl/α,β-unsaturated/α-hetero) is 1. The van der Waals surface area contributed by atoms with Crippen molar-refractivity contribution in [3.05, 3.63) is 124 Å². The summed E-state index contributed by atoms with van der Waals surface area (Å²) in [4.78, 5) is 26.8. The lowest BCUT2D eigenvalue weighted by Crippen LogP contribution is -2.31. The zero-order valence-corrected chi connectivity index (χ0v) is 17.0. The summed E-state index contributed by atoms with van der Waals surface area (Å²) in [6, 6.07) is 30.3. The molecule has 4 nitrogen and oxygen atoms in total. The van der Waals surface area contributed by atoms with Crippen LogP contribution in [0.2, 0.25) is 0 Å². The Balaban J connectivity index is 1.54. The Morgan fingerprint density at radius 2 is 1.47 bits per heavy atom. The molecule has 0 N–H and O–H groups in total. The molecule has 5 aromatic rings. The second-order valence-corrected chi connectivity index (χ2v) is 7.98. The molecule has 0 aliphatic carbocycles. The number of rotatable bonds is 3. The largest absolute Gasteiger partial charge is 0.480 e. The Morgan fingerprint density at radius 1 is 0.750 bits per heavy atom. The van der Waals surface area contributed by atoms with Gasteiger partial charge in [-0.3, -0.25) is 4.79 Å². The van der Waals surface area contributed by atoms with Gasteiger partial charge in [0.1, 0.15) is 11.3 Å². The van der Waals surface area contributed by atoms with Gasteiger partial charge in [0, 0.05) is 5.56 Å². The number of carbonyl (C=O) groups is 1. The van der Waals surface area contributed by atoms with Gasteiger partial charge in [-0.25, -0.2) is 4.79 Å². The number of hydrogen-bond donors (Lipinski definition) is 0. The minimum absolute atomic E-state index is 0.163. The SMILES string of the molecule is O=C(c1ccc2ccccc2c1)[C@H]1Oc2c(c(=O)oc3ccccc23)[C@@H]1c1ccccc1. The van der Waals surface area contributed by atoms with Gasteiger partial charge < -0.3 is 9.15 Å². The highest BCUT2D eigenvalue weighted by Crippen LogP contribution is 2.45. The molecule has 0 amide bonds. The Labute approximate surface area is 183 Å². The van der Waals surface area contributed by atoms with Gasteiger partial charge in [0.2, 0.25) is 5.78 Å². The van der Waals surface area contributed by atoms with Crippen LogP contribution < -0.4 is 10.4 Å². The van der Waals surface area contributed by atoms with Crippen LogP contribution in [0, 0.1) is 0 Å². The van der Waals surface area contributed by atoms with Gasteiger partial charge in [0.15, 0.2) is 6.10 Å². The van der Waals surface area contributed by atoms with Gasteiger partial charge in [-0.05, 0) is 34.5 Å². The van der Waals surface area contributed by atoms with Crippen molar-refractivity contribution in [2.45, 2.75) is 12.0 Å². The van der Waals surface area contributed by atoms with Gasteiger partial charge in [-0.1, -0.05) is 78.9 Å². The molecular weight excluding hydrogens is 400 g/mol. The van der Waals surface area contributed by atoms with Gasteiger partial charge in [0.25, 0.3) is 0 Å². The van der Waals surface area contributed by atoms with Crippen molar-refractivity contribution in [3.8, 4) is 5.75 Å². The van der Waals surface area contributed by atoms with Crippen LogP contribution in [0.5, 0.6) is 5.75 Å². The third-order valence-corrected chi connectivity index (χ3v) is 6.11. The number of para-hydroxylation sites is 1. The van der Waals surface area contributed by atoms with Crippen molar-refractivity contribution in [1.82, 2.24) is 0 Å². The maximum Gasteiger partial charge on any atom is 0.344 e. The van der Waals surface area contributed by atoms with Crippen molar-refractivity contribution < 1.29 is 13.9 Å². The minimum Gasteiger partial charge on any atom is -0.480 e. The number of ether oxygens (including phenoxy) is 1. The lowest BCUT2D eigenvalue weighted by molar-refractivity contribution is 0.0808. The third-order valence-electron chi connectivity index (χ3n) is 6.11. The lowest BCUT2D eigenvalue weighted by atomic mass is 9.85. The molecule has 1 aliphatic heterocycles. The molecule has 0 unspecified atom stereocenters. The number of carbonyl (C=O) groups excluding carboxylic acids is 1. The summed E-state index contributed by atoms with van der Waals surface area (Å²) >= 11 is 0. The lowest BCUT2D eigenvalue weighted by Gasteiger charge is -2.18. The summed E-state index contributed by atoms with van der Waals surface area (Å²) in [5.74, 6) is -0.278. The molecule has 1 aliphatic rings. The first-order valence-electron chi connectivity index (χ1n) is 10.5. The molecule has 2 heterocycles. The summed E-state index contributed by atoms with van der Waals surface area (Å²) in [5, 5.41) is 2.73. The van der Waals surface area contributed by atoms with E-state index >= 15 is 0 Å². The van der Waals surface area contributed by atoms with Crippen LogP contribution in [-0.2, 0) is 0 Å². The Kier molecular flexibility index (Phi) is 4.18. The second-order valence-electron chi connectivity index (χ2n) is 7.98. The van der Waals surface area contributed by atoms with E-state index in [1.807, 2.05) is 84.9 Å². The highest BCUT2D eigenvalue weighted by Gasteiger charge is 2.44. The Hall–Kier alpha value is -4.18. The van der Waals surface area contributed by atoms with E-state index in [9.17, 15) is 9.59 Å². The number of fused-ring (bicyclic) bond motifs is 4. The van der Waals surface area contributed by atoms with Crippen LogP contribution in [-0.4, -0.2) is 11.9 Å². The average molecular weight is 418 g/mol. The molecule has 0 saturated heterocycles. The zero-order chi connectivity index (χ0) is 21.7. The third kappa shape index (κ3) is 2.84. The molecule has 32 heavy (non-hydrogen) atoms. The van der Waals surface area contributed by atoms with E-state index < -0.39 is 17.6 Å². The standard InChI is InChI=1S/C28H18O4/c29-25(20-15-14-17-8-4-5-11-19(17)16-20)27-23(18-9-2-1-3-10-18)24-26(32-27)21-12-6-7-13-22(21)31-28(24)30/h1-16,23,27H/t23-,27-/m0/s1. The van der Waals surface area contributed by atoms with Gasteiger partial charge in [-0.2, -0.15) is 0 Å². The molecule has 154 valence electrons. The molecule has 2 atom stereocenters. The zero-order valence-electron chi connectivity index (χ0n) is 17.0. The fourth-order valence-electron chi connectivity index (χ4n) is 4.59. The predicted octanol–water partition coefficient (Wildman–Crippen LogP) is 5.72. The van der Waals surface area contributed by atoms with Gasteiger partial charge in [0.05, 0.1) is 16.9 Å². The maximum absolute atomic E-state index is 13.7. The molecular formula is C28H18O4. The van der Waals surface area contributed by atoms with E-state index in [2.05, 4.69) is 0 Å². The van der Waals surface area contributed by atoms with E-state index in [-0.39, 0.29) is 5.78 Å². The van der Waals surface area contributed by atoms with Crippen molar-refractivity contribution in [2.24, 2.45) is 0 Å². The van der Waals surface area contributed by atoms with Crippen LogP contribution in [0.15, 0.2) is 106 Å². The average Bonchev–Trinajstić information content (AvgIpc) is 3.25. The van der Waals surface area contributed by atoms with Crippen LogP contribution in [0.3, 0.4) is 0 Å². The highest BCUT2D eigenvalue weighted by molar-refractivity contribution is 6.04. The van der Waals surface area contributed by atoms with Crippen molar-refractivity contribution in [3.63, 3.8) is 0 Å². The summed E-state index contributed by atoms with van der Waals surface area (Å²) in [6.07, 6.45) is -0.859. The van der Waals surface area contributed by atoms with E-state index in [1.54, 1.807) is 12.1 Å².